The third-order valence-electron chi connectivity index (χ3n) is 10.1. The maximum Gasteiger partial charge on any atom is 0.220 e. The van der Waals surface area contributed by atoms with Gasteiger partial charge in [0.1, 0.15) is 5.82 Å². The minimum Gasteiger partial charge on any atom is -0.299 e. The van der Waals surface area contributed by atoms with Crippen molar-refractivity contribution in [3.8, 4) is 45.0 Å². The molecule has 0 fully saturated rings. The molecule has 0 unspecified atom stereocenters. The molecule has 248 valence electrons. The van der Waals surface area contributed by atoms with Gasteiger partial charge in [0.15, 0.2) is 0 Å². The number of imidazole rings is 3. The van der Waals surface area contributed by atoms with Gasteiger partial charge in [-0.05, 0) is 99.8 Å². The van der Waals surface area contributed by atoms with Crippen molar-refractivity contribution >= 4 is 27.8 Å². The Morgan fingerprint density at radius 1 is 0.510 bits per heavy atom. The number of para-hydroxylation sites is 4. The van der Waals surface area contributed by atoms with Gasteiger partial charge in [0.25, 0.3) is 0 Å². The molecular weight excluding hydrogens is 623 g/mol. The van der Waals surface area contributed by atoms with Gasteiger partial charge in [-0.1, -0.05) is 113 Å². The quantitative estimate of drug-likeness (QED) is 0.171. The predicted octanol–water partition coefficient (Wildman–Crippen LogP) is 11.9. The van der Waals surface area contributed by atoms with E-state index in [1.165, 1.54) is 27.9 Å². The van der Waals surface area contributed by atoms with Crippen LogP contribution in [0.5, 0.6) is 0 Å². The maximum atomic E-state index is 5.09. The minimum absolute atomic E-state index is 0.328. The molecule has 0 aliphatic rings. The smallest absolute Gasteiger partial charge is 0.220 e. The lowest BCUT2D eigenvalue weighted by Gasteiger charge is -2.24. The van der Waals surface area contributed by atoms with Crippen molar-refractivity contribution in [2.75, 3.05) is 0 Å². The Kier molecular flexibility index (Phi) is 7.43. The lowest BCUT2D eigenvalue weighted by Crippen LogP contribution is -2.08. The van der Waals surface area contributed by atoms with Gasteiger partial charge in [-0.3, -0.25) is 13.5 Å². The van der Waals surface area contributed by atoms with E-state index in [4.69, 9.17) is 9.97 Å². The summed E-state index contributed by atoms with van der Waals surface area (Å²) in [5.41, 5.74) is 15.1. The number of benzene rings is 6. The first-order chi connectivity index (χ1) is 25.0. The molecule has 6 aromatic carbocycles. The van der Waals surface area contributed by atoms with Crippen LogP contribution in [0.1, 0.15) is 50.7 Å². The van der Waals surface area contributed by atoms with Gasteiger partial charge in [-0.2, -0.15) is 0 Å². The van der Waals surface area contributed by atoms with Gasteiger partial charge in [0.2, 0.25) is 5.78 Å². The molecule has 3 heterocycles. The summed E-state index contributed by atoms with van der Waals surface area (Å²) in [6.45, 7) is 9.15. The van der Waals surface area contributed by atoms with Crippen molar-refractivity contribution in [1.82, 2.24) is 23.5 Å². The number of rotatable bonds is 7. The summed E-state index contributed by atoms with van der Waals surface area (Å²) >= 11 is 0. The summed E-state index contributed by atoms with van der Waals surface area (Å²) in [5.74, 6) is 2.50. The topological polar surface area (TPSA) is 40.0 Å². The molecule has 0 saturated carbocycles. The van der Waals surface area contributed by atoms with Gasteiger partial charge >= 0.3 is 0 Å². The van der Waals surface area contributed by atoms with Crippen LogP contribution in [-0.2, 0) is 0 Å². The Balaban J connectivity index is 1.16. The number of hydrogen-bond acceptors (Lipinski definition) is 2. The first-order valence-corrected chi connectivity index (χ1v) is 17.8. The van der Waals surface area contributed by atoms with Crippen molar-refractivity contribution in [1.29, 1.82) is 0 Å². The Bertz CT molecular complexity index is 2680. The molecule has 0 aliphatic carbocycles. The molecule has 9 aromatic rings. The Morgan fingerprint density at radius 3 is 1.86 bits per heavy atom. The van der Waals surface area contributed by atoms with Gasteiger partial charge in [0, 0.05) is 23.6 Å². The third-order valence-corrected chi connectivity index (χ3v) is 10.1. The fourth-order valence-electron chi connectivity index (χ4n) is 7.60. The summed E-state index contributed by atoms with van der Waals surface area (Å²) < 4.78 is 6.84. The van der Waals surface area contributed by atoms with Crippen LogP contribution in [0, 0.1) is 0 Å². The Labute approximate surface area is 298 Å². The van der Waals surface area contributed by atoms with Crippen molar-refractivity contribution in [2.24, 2.45) is 0 Å². The van der Waals surface area contributed by atoms with E-state index >= 15 is 0 Å². The molecule has 3 aromatic heterocycles. The molecule has 0 saturated heterocycles. The van der Waals surface area contributed by atoms with Gasteiger partial charge in [-0.25, -0.2) is 9.97 Å². The highest BCUT2D eigenvalue weighted by Gasteiger charge is 2.22. The molecule has 0 atom stereocenters. The summed E-state index contributed by atoms with van der Waals surface area (Å²) in [7, 11) is 0. The molecule has 51 heavy (non-hydrogen) atoms. The standard InChI is InChI=1S/C46H39N5/c1-30(2)38-28-36(32-14-6-5-7-15-32)29-39(31(3)4)44(38)49-25-24-47-45(49)35-18-12-16-33(26-35)34-17-13-19-37(27-34)50-42-22-10-11-23-43(42)51-41-21-9-8-20-40(41)48-46(50)51/h5-31H,1-4H3. The monoisotopic (exact) mass is 661 g/mol. The Morgan fingerprint density at radius 2 is 1.12 bits per heavy atom. The molecule has 0 bridgehead atoms. The van der Waals surface area contributed by atoms with Crippen LogP contribution in [0.2, 0.25) is 0 Å². The molecule has 0 aliphatic heterocycles. The van der Waals surface area contributed by atoms with Gasteiger partial charge in [-0.15, -0.1) is 0 Å². The minimum atomic E-state index is 0.328. The summed E-state index contributed by atoms with van der Waals surface area (Å²) in [4.78, 5) is 10.1. The maximum absolute atomic E-state index is 5.09. The molecule has 5 heteroatoms. The largest absolute Gasteiger partial charge is 0.299 e. The van der Waals surface area contributed by atoms with Crippen molar-refractivity contribution < 1.29 is 0 Å². The van der Waals surface area contributed by atoms with Crippen LogP contribution in [0.4, 0.5) is 0 Å². The summed E-state index contributed by atoms with van der Waals surface area (Å²) in [5, 5.41) is 0. The molecule has 0 amide bonds. The lowest BCUT2D eigenvalue weighted by atomic mass is 9.88. The highest BCUT2D eigenvalue weighted by Crippen LogP contribution is 2.39. The predicted molar refractivity (Wildman–Crippen MR) is 211 cm³/mol. The third kappa shape index (κ3) is 5.16. The van der Waals surface area contributed by atoms with Crippen molar-refractivity contribution in [3.63, 3.8) is 0 Å². The van der Waals surface area contributed by atoms with E-state index in [2.05, 4.69) is 181 Å². The summed E-state index contributed by atoms with van der Waals surface area (Å²) in [6.07, 6.45) is 4.05. The van der Waals surface area contributed by atoms with E-state index < -0.39 is 0 Å². The molecule has 0 radical (unpaired) electrons. The zero-order chi connectivity index (χ0) is 34.6. The number of aromatic nitrogens is 5. The van der Waals surface area contributed by atoms with Crippen LogP contribution in [0.25, 0.3) is 72.9 Å². The average molecular weight is 662 g/mol. The van der Waals surface area contributed by atoms with E-state index in [1.54, 1.807) is 0 Å². The average Bonchev–Trinajstić information content (AvgIpc) is 3.88. The fourth-order valence-corrected chi connectivity index (χ4v) is 7.60. The molecule has 5 nitrogen and oxygen atoms in total. The van der Waals surface area contributed by atoms with Gasteiger partial charge < -0.3 is 0 Å². The first-order valence-electron chi connectivity index (χ1n) is 17.8. The second-order valence-corrected chi connectivity index (χ2v) is 14.0. The van der Waals surface area contributed by atoms with Crippen LogP contribution < -0.4 is 0 Å². The zero-order valence-corrected chi connectivity index (χ0v) is 29.3. The van der Waals surface area contributed by atoms with Crippen molar-refractivity contribution in [3.05, 3.63) is 163 Å². The molecule has 9 rings (SSSR count). The normalized spacial score (nSPS) is 11.9. The SMILES string of the molecule is CC(C)c1cc(-c2ccccc2)cc(C(C)C)c1-n1ccnc1-c1cccc(-c2cccc(-n3c4ccccc4n4c5ccccc5nc34)c2)c1. The lowest BCUT2D eigenvalue weighted by molar-refractivity contribution is 0.807. The van der Waals surface area contributed by atoms with E-state index in [1.807, 2.05) is 12.3 Å². The molecule has 0 N–H and O–H groups in total. The van der Waals surface area contributed by atoms with Gasteiger partial charge in [0.05, 0.1) is 27.8 Å². The van der Waals surface area contributed by atoms with Crippen LogP contribution in [0.15, 0.2) is 152 Å². The van der Waals surface area contributed by atoms with E-state index in [0.29, 0.717) is 11.8 Å². The Hall–Kier alpha value is -6.20. The number of fused-ring (bicyclic) bond motifs is 5. The second-order valence-electron chi connectivity index (χ2n) is 14.0. The van der Waals surface area contributed by atoms with Crippen LogP contribution >= 0.6 is 0 Å². The van der Waals surface area contributed by atoms with Crippen LogP contribution in [0.3, 0.4) is 0 Å². The van der Waals surface area contributed by atoms with Crippen LogP contribution in [-0.4, -0.2) is 23.5 Å². The highest BCUT2D eigenvalue weighted by molar-refractivity contribution is 5.92. The zero-order valence-electron chi connectivity index (χ0n) is 29.3. The number of hydrogen-bond donors (Lipinski definition) is 0. The molecular formula is C46H39N5. The summed E-state index contributed by atoms with van der Waals surface area (Å²) in [6, 6.07) is 49.9. The van der Waals surface area contributed by atoms with Crippen molar-refractivity contribution in [2.45, 2.75) is 39.5 Å². The molecule has 0 spiro atoms. The second kappa shape index (κ2) is 12.3. The fraction of sp³-hybridized carbons (Fsp3) is 0.130. The highest BCUT2D eigenvalue weighted by atomic mass is 15.2. The van der Waals surface area contributed by atoms with E-state index in [9.17, 15) is 0 Å². The number of nitrogens with zero attached hydrogens (tertiary/aromatic N) is 5. The van der Waals surface area contributed by atoms with E-state index in [0.717, 1.165) is 56.0 Å². The van der Waals surface area contributed by atoms with E-state index in [-0.39, 0.29) is 0 Å². The first kappa shape index (κ1) is 30.8.